The highest BCUT2D eigenvalue weighted by Gasteiger charge is 2.05. The lowest BCUT2D eigenvalue weighted by Gasteiger charge is -2.11. The molecule has 2 aromatic carbocycles. The molecule has 0 fully saturated rings. The maximum Gasteiger partial charge on any atom is 0.221 e. The van der Waals surface area contributed by atoms with Crippen molar-refractivity contribution in [1.82, 2.24) is 0 Å². The fraction of sp³-hybridized carbons (Fsp3) is 0.133. The number of carbonyl (C=O) groups excluding carboxylic acids is 1. The van der Waals surface area contributed by atoms with Crippen LogP contribution in [-0.2, 0) is 11.3 Å². The summed E-state index contributed by atoms with van der Waals surface area (Å²) in [5, 5.41) is 5.59. The molecule has 0 bridgehead atoms. The molecule has 2 aromatic rings. The number of anilines is 3. The van der Waals surface area contributed by atoms with Crippen molar-refractivity contribution in [2.24, 2.45) is 0 Å². The molecule has 20 heavy (non-hydrogen) atoms. The number of nitrogens with two attached hydrogens (primary N) is 1. The van der Waals surface area contributed by atoms with Crippen LogP contribution in [0.4, 0.5) is 21.5 Å². The summed E-state index contributed by atoms with van der Waals surface area (Å²) in [6, 6.07) is 11.8. The first kappa shape index (κ1) is 13.9. The number of hydrogen-bond acceptors (Lipinski definition) is 3. The maximum atomic E-state index is 13.7. The van der Waals surface area contributed by atoms with Crippen molar-refractivity contribution in [3.8, 4) is 0 Å². The van der Waals surface area contributed by atoms with Gasteiger partial charge in [0, 0.05) is 24.8 Å². The quantitative estimate of drug-likeness (QED) is 0.750. The Morgan fingerprint density at radius 3 is 2.70 bits per heavy atom. The summed E-state index contributed by atoms with van der Waals surface area (Å²) in [6.07, 6.45) is 0. The molecular weight excluding hydrogens is 257 g/mol. The zero-order valence-corrected chi connectivity index (χ0v) is 11.1. The molecule has 0 aliphatic heterocycles. The molecule has 0 atom stereocenters. The van der Waals surface area contributed by atoms with Crippen LogP contribution in [0.2, 0.25) is 0 Å². The van der Waals surface area contributed by atoms with Gasteiger partial charge < -0.3 is 16.4 Å². The van der Waals surface area contributed by atoms with E-state index in [9.17, 15) is 9.18 Å². The first-order valence-electron chi connectivity index (χ1n) is 6.20. The topological polar surface area (TPSA) is 67.2 Å². The molecule has 0 aliphatic carbocycles. The minimum atomic E-state index is -0.381. The van der Waals surface area contributed by atoms with Crippen LogP contribution in [0.5, 0.6) is 0 Å². The number of carbonyl (C=O) groups is 1. The summed E-state index contributed by atoms with van der Waals surface area (Å²) in [5.41, 5.74) is 8.23. The number of amides is 1. The van der Waals surface area contributed by atoms with Crippen LogP contribution in [0.3, 0.4) is 0 Å². The van der Waals surface area contributed by atoms with Crippen LogP contribution in [0.25, 0.3) is 0 Å². The number of para-hydroxylation sites is 1. The lowest BCUT2D eigenvalue weighted by molar-refractivity contribution is -0.114. The number of nitrogen functional groups attached to an aromatic ring is 1. The molecule has 4 N–H and O–H groups in total. The van der Waals surface area contributed by atoms with E-state index in [1.165, 1.54) is 19.1 Å². The summed E-state index contributed by atoms with van der Waals surface area (Å²) in [5.74, 6) is -0.580. The third-order valence-electron chi connectivity index (χ3n) is 2.81. The largest absolute Gasteiger partial charge is 0.398 e. The molecule has 2 rings (SSSR count). The van der Waals surface area contributed by atoms with E-state index in [1.807, 2.05) is 18.2 Å². The second-order valence-electron chi connectivity index (χ2n) is 4.43. The van der Waals surface area contributed by atoms with Crippen LogP contribution >= 0.6 is 0 Å². The van der Waals surface area contributed by atoms with Crippen molar-refractivity contribution in [3.05, 3.63) is 53.8 Å². The van der Waals surface area contributed by atoms with Crippen LogP contribution in [-0.4, -0.2) is 5.91 Å². The Hall–Kier alpha value is -2.56. The standard InChI is InChI=1S/C15H16FN3O/c1-10(20)19-12-6-7-13(16)15(8-12)18-9-11-4-2-3-5-14(11)17/h2-8,18H,9,17H2,1H3,(H,19,20). The van der Waals surface area contributed by atoms with Crippen LogP contribution in [0.1, 0.15) is 12.5 Å². The Kier molecular flexibility index (Phi) is 4.20. The number of nitrogens with one attached hydrogen (secondary N) is 2. The van der Waals surface area contributed by atoms with Gasteiger partial charge in [0.05, 0.1) is 5.69 Å². The van der Waals surface area contributed by atoms with Gasteiger partial charge in [0.1, 0.15) is 5.82 Å². The van der Waals surface area contributed by atoms with Crippen molar-refractivity contribution < 1.29 is 9.18 Å². The molecule has 0 unspecified atom stereocenters. The van der Waals surface area contributed by atoms with Gasteiger partial charge in [-0.15, -0.1) is 0 Å². The highest BCUT2D eigenvalue weighted by atomic mass is 19.1. The van der Waals surface area contributed by atoms with Crippen molar-refractivity contribution >= 4 is 23.0 Å². The van der Waals surface area contributed by atoms with Crippen LogP contribution in [0, 0.1) is 5.82 Å². The number of hydrogen-bond donors (Lipinski definition) is 3. The van der Waals surface area contributed by atoms with E-state index in [-0.39, 0.29) is 11.7 Å². The minimum Gasteiger partial charge on any atom is -0.398 e. The lowest BCUT2D eigenvalue weighted by Crippen LogP contribution is -2.08. The third kappa shape index (κ3) is 3.47. The number of halogens is 1. The molecule has 1 amide bonds. The zero-order chi connectivity index (χ0) is 14.5. The predicted molar refractivity (Wildman–Crippen MR) is 78.9 cm³/mol. The van der Waals surface area contributed by atoms with Crippen molar-refractivity contribution in [2.75, 3.05) is 16.4 Å². The Labute approximate surface area is 116 Å². The molecular formula is C15H16FN3O. The molecule has 4 nitrogen and oxygen atoms in total. The van der Waals surface area contributed by atoms with E-state index in [4.69, 9.17) is 5.73 Å². The Balaban J connectivity index is 2.12. The van der Waals surface area contributed by atoms with Gasteiger partial charge in [-0.3, -0.25) is 4.79 Å². The Bertz CT molecular complexity index is 628. The summed E-state index contributed by atoms with van der Waals surface area (Å²) in [4.78, 5) is 11.0. The Morgan fingerprint density at radius 2 is 2.00 bits per heavy atom. The van der Waals surface area contributed by atoms with E-state index >= 15 is 0 Å². The van der Waals surface area contributed by atoms with E-state index in [2.05, 4.69) is 10.6 Å². The normalized spacial score (nSPS) is 10.1. The second-order valence-corrected chi connectivity index (χ2v) is 4.43. The monoisotopic (exact) mass is 273 g/mol. The molecule has 0 spiro atoms. The highest BCUT2D eigenvalue weighted by Crippen LogP contribution is 2.21. The molecule has 0 aromatic heterocycles. The number of rotatable bonds is 4. The zero-order valence-electron chi connectivity index (χ0n) is 11.1. The first-order valence-corrected chi connectivity index (χ1v) is 6.20. The van der Waals surface area contributed by atoms with E-state index in [1.54, 1.807) is 12.1 Å². The minimum absolute atomic E-state index is 0.199. The maximum absolute atomic E-state index is 13.7. The fourth-order valence-electron chi connectivity index (χ4n) is 1.83. The molecule has 0 saturated heterocycles. The number of benzene rings is 2. The average molecular weight is 273 g/mol. The van der Waals surface area contributed by atoms with Gasteiger partial charge >= 0.3 is 0 Å². The molecule has 5 heteroatoms. The van der Waals surface area contributed by atoms with Crippen LogP contribution in [0.15, 0.2) is 42.5 Å². The summed E-state index contributed by atoms with van der Waals surface area (Å²) >= 11 is 0. The highest BCUT2D eigenvalue weighted by molar-refractivity contribution is 5.89. The van der Waals surface area contributed by atoms with Crippen LogP contribution < -0.4 is 16.4 Å². The van der Waals surface area contributed by atoms with Crippen molar-refractivity contribution in [2.45, 2.75) is 13.5 Å². The third-order valence-corrected chi connectivity index (χ3v) is 2.81. The van der Waals surface area contributed by atoms with Crippen molar-refractivity contribution in [3.63, 3.8) is 0 Å². The van der Waals surface area contributed by atoms with Gasteiger partial charge in [-0.1, -0.05) is 18.2 Å². The second kappa shape index (κ2) is 6.06. The average Bonchev–Trinajstić information content (AvgIpc) is 2.40. The van der Waals surface area contributed by atoms with Gasteiger partial charge in [-0.2, -0.15) is 0 Å². The molecule has 0 radical (unpaired) electrons. The molecule has 0 aliphatic rings. The van der Waals surface area contributed by atoms with Gasteiger partial charge in [0.25, 0.3) is 0 Å². The summed E-state index contributed by atoms with van der Waals surface area (Å²) in [7, 11) is 0. The smallest absolute Gasteiger partial charge is 0.221 e. The van der Waals surface area contributed by atoms with Gasteiger partial charge in [0.2, 0.25) is 5.91 Å². The van der Waals surface area contributed by atoms with Gasteiger partial charge in [0.15, 0.2) is 0 Å². The molecule has 0 heterocycles. The summed E-state index contributed by atoms with van der Waals surface area (Å²) < 4.78 is 13.7. The van der Waals surface area contributed by atoms with E-state index in [0.29, 0.717) is 23.6 Å². The summed E-state index contributed by atoms with van der Waals surface area (Å²) in [6.45, 7) is 1.81. The first-order chi connectivity index (χ1) is 9.56. The van der Waals surface area contributed by atoms with E-state index < -0.39 is 0 Å². The molecule has 0 saturated carbocycles. The molecule has 104 valence electrons. The predicted octanol–water partition coefficient (Wildman–Crippen LogP) is 2.98. The Morgan fingerprint density at radius 1 is 1.25 bits per heavy atom. The van der Waals surface area contributed by atoms with E-state index in [0.717, 1.165) is 5.56 Å². The SMILES string of the molecule is CC(=O)Nc1ccc(F)c(NCc2ccccc2N)c1. The van der Waals surface area contributed by atoms with Gasteiger partial charge in [-0.25, -0.2) is 4.39 Å². The van der Waals surface area contributed by atoms with Gasteiger partial charge in [-0.05, 0) is 29.8 Å². The van der Waals surface area contributed by atoms with Crippen molar-refractivity contribution in [1.29, 1.82) is 0 Å². The lowest BCUT2D eigenvalue weighted by atomic mass is 10.1. The fourth-order valence-corrected chi connectivity index (χ4v) is 1.83.